The zero-order valence-corrected chi connectivity index (χ0v) is 14.2. The SMILES string of the molecule is Cc1ccc(-c2csc(NC(=O)C3(N)CCOCC3)n2)c(C)c1. The molecule has 1 amide bonds. The first-order valence-corrected chi connectivity index (χ1v) is 8.57. The van der Waals surface area contributed by atoms with Gasteiger partial charge < -0.3 is 15.8 Å². The fourth-order valence-corrected chi connectivity index (χ4v) is 3.45. The van der Waals surface area contributed by atoms with Crippen molar-refractivity contribution in [3.63, 3.8) is 0 Å². The molecule has 0 radical (unpaired) electrons. The van der Waals surface area contributed by atoms with Crippen molar-refractivity contribution in [3.8, 4) is 11.3 Å². The quantitative estimate of drug-likeness (QED) is 0.906. The second-order valence-corrected chi connectivity index (χ2v) is 6.94. The van der Waals surface area contributed by atoms with Gasteiger partial charge in [0.1, 0.15) is 5.54 Å². The highest BCUT2D eigenvalue weighted by Crippen LogP contribution is 2.29. The van der Waals surface area contributed by atoms with E-state index in [1.807, 2.05) is 5.38 Å². The Morgan fingerprint density at radius 1 is 1.35 bits per heavy atom. The lowest BCUT2D eigenvalue weighted by Crippen LogP contribution is -2.54. The monoisotopic (exact) mass is 331 g/mol. The summed E-state index contributed by atoms with van der Waals surface area (Å²) in [6.07, 6.45) is 1.07. The Balaban J connectivity index is 1.75. The van der Waals surface area contributed by atoms with Crippen molar-refractivity contribution in [1.82, 2.24) is 4.98 Å². The van der Waals surface area contributed by atoms with E-state index in [0.717, 1.165) is 11.3 Å². The van der Waals surface area contributed by atoms with Gasteiger partial charge in [0.05, 0.1) is 5.69 Å². The molecule has 1 aromatic carbocycles. The van der Waals surface area contributed by atoms with E-state index in [2.05, 4.69) is 42.3 Å². The van der Waals surface area contributed by atoms with Crippen molar-refractivity contribution in [1.29, 1.82) is 0 Å². The van der Waals surface area contributed by atoms with Crippen LogP contribution in [0, 0.1) is 13.8 Å². The van der Waals surface area contributed by atoms with E-state index in [0.29, 0.717) is 31.2 Å². The van der Waals surface area contributed by atoms with E-state index >= 15 is 0 Å². The number of hydrogen-bond donors (Lipinski definition) is 2. The van der Waals surface area contributed by atoms with Gasteiger partial charge >= 0.3 is 0 Å². The van der Waals surface area contributed by atoms with E-state index in [9.17, 15) is 4.79 Å². The molecule has 6 heteroatoms. The minimum absolute atomic E-state index is 0.178. The van der Waals surface area contributed by atoms with E-state index in [1.165, 1.54) is 22.5 Å². The minimum atomic E-state index is -0.857. The summed E-state index contributed by atoms with van der Waals surface area (Å²) in [6.45, 7) is 5.18. The van der Waals surface area contributed by atoms with Crippen LogP contribution in [0.2, 0.25) is 0 Å². The lowest BCUT2D eigenvalue weighted by molar-refractivity contribution is -0.124. The fraction of sp³-hybridized carbons (Fsp3) is 0.412. The lowest BCUT2D eigenvalue weighted by atomic mass is 9.90. The van der Waals surface area contributed by atoms with Gasteiger partial charge in [-0.05, 0) is 32.3 Å². The van der Waals surface area contributed by atoms with Crippen LogP contribution in [0.4, 0.5) is 5.13 Å². The van der Waals surface area contributed by atoms with Gasteiger partial charge in [0.25, 0.3) is 0 Å². The molecule has 23 heavy (non-hydrogen) atoms. The van der Waals surface area contributed by atoms with Crippen molar-refractivity contribution in [3.05, 3.63) is 34.7 Å². The van der Waals surface area contributed by atoms with E-state index < -0.39 is 5.54 Å². The van der Waals surface area contributed by atoms with Crippen molar-refractivity contribution in [2.45, 2.75) is 32.2 Å². The Morgan fingerprint density at radius 2 is 2.09 bits per heavy atom. The predicted octanol–water partition coefficient (Wildman–Crippen LogP) is 2.87. The number of carbonyl (C=O) groups excluding carboxylic acids is 1. The number of nitrogens with two attached hydrogens (primary N) is 1. The molecule has 0 spiro atoms. The van der Waals surface area contributed by atoms with Gasteiger partial charge in [-0.2, -0.15) is 0 Å². The number of aromatic nitrogens is 1. The van der Waals surface area contributed by atoms with Crippen LogP contribution in [0.1, 0.15) is 24.0 Å². The first-order chi connectivity index (χ1) is 11.0. The number of benzene rings is 1. The molecule has 3 N–H and O–H groups in total. The lowest BCUT2D eigenvalue weighted by Gasteiger charge is -2.31. The number of carbonyl (C=O) groups is 1. The number of amides is 1. The molecular formula is C17H21N3O2S. The van der Waals surface area contributed by atoms with E-state index in [1.54, 1.807) is 0 Å². The van der Waals surface area contributed by atoms with Gasteiger partial charge in [0.2, 0.25) is 5.91 Å². The van der Waals surface area contributed by atoms with Gasteiger partial charge in [0, 0.05) is 24.2 Å². The summed E-state index contributed by atoms with van der Waals surface area (Å²) in [6, 6.07) is 6.26. The van der Waals surface area contributed by atoms with Crippen LogP contribution in [-0.2, 0) is 9.53 Å². The Hall–Kier alpha value is -1.76. The molecule has 2 heterocycles. The Kier molecular flexibility index (Phi) is 4.48. The molecular weight excluding hydrogens is 310 g/mol. The van der Waals surface area contributed by atoms with Crippen LogP contribution in [0.15, 0.2) is 23.6 Å². The summed E-state index contributed by atoms with van der Waals surface area (Å²) in [7, 11) is 0. The van der Waals surface area contributed by atoms with Crippen molar-refractivity contribution < 1.29 is 9.53 Å². The number of aryl methyl sites for hydroxylation is 2. The highest BCUT2D eigenvalue weighted by atomic mass is 32.1. The van der Waals surface area contributed by atoms with Gasteiger partial charge in [-0.3, -0.25) is 4.79 Å². The number of hydrogen-bond acceptors (Lipinski definition) is 5. The van der Waals surface area contributed by atoms with Crippen molar-refractivity contribution in [2.75, 3.05) is 18.5 Å². The van der Waals surface area contributed by atoms with Crippen molar-refractivity contribution >= 4 is 22.4 Å². The second kappa shape index (κ2) is 6.39. The van der Waals surface area contributed by atoms with Crippen LogP contribution in [-0.4, -0.2) is 29.6 Å². The topological polar surface area (TPSA) is 77.2 Å². The molecule has 2 aromatic rings. The highest BCUT2D eigenvalue weighted by molar-refractivity contribution is 7.14. The van der Waals surface area contributed by atoms with Crippen LogP contribution in [0.3, 0.4) is 0 Å². The third kappa shape index (κ3) is 3.44. The molecule has 3 rings (SSSR count). The molecule has 0 saturated carbocycles. The molecule has 1 aliphatic rings. The summed E-state index contributed by atoms with van der Waals surface area (Å²) in [5.41, 5.74) is 9.69. The Labute approximate surface area is 139 Å². The minimum Gasteiger partial charge on any atom is -0.381 e. The molecule has 0 atom stereocenters. The fourth-order valence-electron chi connectivity index (χ4n) is 2.74. The molecule has 1 fully saturated rings. The molecule has 1 saturated heterocycles. The van der Waals surface area contributed by atoms with Gasteiger partial charge in [0.15, 0.2) is 5.13 Å². The Morgan fingerprint density at radius 3 is 2.78 bits per heavy atom. The first-order valence-electron chi connectivity index (χ1n) is 7.69. The Bertz CT molecular complexity index is 720. The van der Waals surface area contributed by atoms with E-state index in [-0.39, 0.29) is 5.91 Å². The van der Waals surface area contributed by atoms with Gasteiger partial charge in [-0.15, -0.1) is 11.3 Å². The summed E-state index contributed by atoms with van der Waals surface area (Å²) in [5, 5.41) is 5.40. The third-order valence-corrected chi connectivity index (χ3v) is 4.98. The summed E-state index contributed by atoms with van der Waals surface area (Å²) in [4.78, 5) is 17.0. The number of rotatable bonds is 3. The highest BCUT2D eigenvalue weighted by Gasteiger charge is 2.36. The number of anilines is 1. The first kappa shape index (κ1) is 16.1. The molecule has 1 aliphatic heterocycles. The smallest absolute Gasteiger partial charge is 0.246 e. The zero-order valence-electron chi connectivity index (χ0n) is 13.4. The van der Waals surface area contributed by atoms with Gasteiger partial charge in [-0.25, -0.2) is 4.98 Å². The molecule has 0 aliphatic carbocycles. The van der Waals surface area contributed by atoms with Crippen LogP contribution < -0.4 is 11.1 Å². The van der Waals surface area contributed by atoms with Crippen LogP contribution >= 0.6 is 11.3 Å². The normalized spacial score (nSPS) is 17.0. The van der Waals surface area contributed by atoms with Crippen LogP contribution in [0.5, 0.6) is 0 Å². The molecule has 122 valence electrons. The average Bonchev–Trinajstić information content (AvgIpc) is 2.96. The third-order valence-electron chi connectivity index (χ3n) is 4.22. The average molecular weight is 331 g/mol. The van der Waals surface area contributed by atoms with Gasteiger partial charge in [-0.1, -0.05) is 23.8 Å². The predicted molar refractivity (Wildman–Crippen MR) is 92.6 cm³/mol. The maximum absolute atomic E-state index is 12.4. The second-order valence-electron chi connectivity index (χ2n) is 6.08. The van der Waals surface area contributed by atoms with E-state index in [4.69, 9.17) is 10.5 Å². The maximum atomic E-state index is 12.4. The number of nitrogens with zero attached hydrogens (tertiary/aromatic N) is 1. The summed E-state index contributed by atoms with van der Waals surface area (Å²) < 4.78 is 5.28. The molecule has 0 bridgehead atoms. The molecule has 5 nitrogen and oxygen atoms in total. The standard InChI is InChI=1S/C17H21N3O2S/c1-11-3-4-13(12(2)9-11)14-10-23-16(19-14)20-15(21)17(18)5-7-22-8-6-17/h3-4,9-10H,5-8,18H2,1-2H3,(H,19,20,21). The summed E-state index contributed by atoms with van der Waals surface area (Å²) in [5.74, 6) is -0.178. The summed E-state index contributed by atoms with van der Waals surface area (Å²) >= 11 is 1.42. The molecule has 1 aromatic heterocycles. The zero-order chi connectivity index (χ0) is 16.4. The number of nitrogens with one attached hydrogen (secondary N) is 1. The maximum Gasteiger partial charge on any atom is 0.246 e. The number of ether oxygens (including phenoxy) is 1. The van der Waals surface area contributed by atoms with Crippen molar-refractivity contribution in [2.24, 2.45) is 5.73 Å². The largest absolute Gasteiger partial charge is 0.381 e. The number of thiazole rings is 1. The molecule has 0 unspecified atom stereocenters. The van der Waals surface area contributed by atoms with Crippen LogP contribution in [0.25, 0.3) is 11.3 Å².